The minimum atomic E-state index is -4.44. The van der Waals surface area contributed by atoms with Gasteiger partial charge in [-0.15, -0.1) is 0 Å². The Morgan fingerprint density at radius 3 is 2.83 bits per heavy atom. The molecule has 1 aromatic rings. The summed E-state index contributed by atoms with van der Waals surface area (Å²) >= 11 is 0. The van der Waals surface area contributed by atoms with E-state index in [0.717, 1.165) is 19.5 Å². The van der Waals surface area contributed by atoms with Crippen LogP contribution in [0.4, 0.5) is 13.2 Å². The molecule has 1 fully saturated rings. The fourth-order valence-corrected chi connectivity index (χ4v) is 2.60. The van der Waals surface area contributed by atoms with Crippen molar-refractivity contribution in [3.8, 4) is 5.88 Å². The molecule has 1 amide bonds. The average Bonchev–Trinajstić information content (AvgIpc) is 2.99. The van der Waals surface area contributed by atoms with Crippen molar-refractivity contribution < 1.29 is 22.7 Å². The van der Waals surface area contributed by atoms with E-state index in [4.69, 9.17) is 0 Å². The predicted molar refractivity (Wildman–Crippen MR) is 82.9 cm³/mol. The van der Waals surface area contributed by atoms with Crippen LogP contribution < -0.4 is 10.1 Å². The highest BCUT2D eigenvalue weighted by atomic mass is 19.4. The molecular weight excluding hydrogens is 323 g/mol. The van der Waals surface area contributed by atoms with Crippen LogP contribution in [0.1, 0.15) is 30.8 Å². The van der Waals surface area contributed by atoms with E-state index < -0.39 is 18.7 Å². The molecule has 1 aliphatic heterocycles. The van der Waals surface area contributed by atoms with Gasteiger partial charge in [0, 0.05) is 25.2 Å². The number of hydrogen-bond donors (Lipinski definition) is 1. The fourth-order valence-electron chi connectivity index (χ4n) is 2.60. The van der Waals surface area contributed by atoms with Gasteiger partial charge in [-0.1, -0.05) is 6.07 Å². The summed E-state index contributed by atoms with van der Waals surface area (Å²) in [5, 5.41) is 2.79. The second-order valence-corrected chi connectivity index (χ2v) is 6.22. The average molecular weight is 345 g/mol. The van der Waals surface area contributed by atoms with Crippen molar-refractivity contribution in [2.45, 2.75) is 32.5 Å². The lowest BCUT2D eigenvalue weighted by Gasteiger charge is -2.20. The largest absolute Gasteiger partial charge is 0.468 e. The van der Waals surface area contributed by atoms with Crippen LogP contribution in [0.15, 0.2) is 18.2 Å². The molecule has 24 heavy (non-hydrogen) atoms. The summed E-state index contributed by atoms with van der Waals surface area (Å²) in [6.45, 7) is 5.31. The lowest BCUT2D eigenvalue weighted by molar-refractivity contribution is -0.154. The molecule has 134 valence electrons. The van der Waals surface area contributed by atoms with Crippen LogP contribution >= 0.6 is 0 Å². The van der Waals surface area contributed by atoms with Gasteiger partial charge in [0.05, 0.1) is 0 Å². The van der Waals surface area contributed by atoms with Gasteiger partial charge in [-0.3, -0.25) is 4.79 Å². The number of rotatable bonds is 6. The standard InChI is InChI=1S/C16H22F3N3O2/c1-11(2)22-7-6-12(9-22)8-20-15(23)13-4-3-5-14(21-13)24-10-16(17,18)19/h3-5,11-12H,6-10H2,1-2H3,(H,20,23)/t12-/m0/s1. The first-order chi connectivity index (χ1) is 11.2. The maximum atomic E-state index is 12.1. The summed E-state index contributed by atoms with van der Waals surface area (Å²) in [5.41, 5.74) is 0.0494. The number of hydrogen-bond acceptors (Lipinski definition) is 4. The van der Waals surface area contributed by atoms with Crippen molar-refractivity contribution in [3.05, 3.63) is 23.9 Å². The Kier molecular flexibility index (Phi) is 6.04. The molecule has 2 rings (SSSR count). The Labute approximate surface area is 139 Å². The Hall–Kier alpha value is -1.83. The smallest absolute Gasteiger partial charge is 0.422 e. The number of likely N-dealkylation sites (tertiary alicyclic amines) is 1. The zero-order valence-electron chi connectivity index (χ0n) is 13.8. The van der Waals surface area contributed by atoms with Gasteiger partial charge < -0.3 is 15.0 Å². The number of carbonyl (C=O) groups is 1. The summed E-state index contributed by atoms with van der Waals surface area (Å²) in [6.07, 6.45) is -3.43. The van der Waals surface area contributed by atoms with Crippen molar-refractivity contribution >= 4 is 5.91 Å². The normalized spacial score (nSPS) is 18.8. The molecule has 1 saturated heterocycles. The number of nitrogens with one attached hydrogen (secondary N) is 1. The van der Waals surface area contributed by atoms with Gasteiger partial charge >= 0.3 is 6.18 Å². The highest BCUT2D eigenvalue weighted by Gasteiger charge is 2.29. The van der Waals surface area contributed by atoms with Crippen molar-refractivity contribution in [1.29, 1.82) is 0 Å². The van der Waals surface area contributed by atoms with Gasteiger partial charge in [-0.25, -0.2) is 4.98 Å². The van der Waals surface area contributed by atoms with E-state index in [0.29, 0.717) is 18.5 Å². The molecular formula is C16H22F3N3O2. The number of carbonyl (C=O) groups excluding carboxylic acids is 1. The number of nitrogens with zero attached hydrogens (tertiary/aromatic N) is 2. The zero-order chi connectivity index (χ0) is 17.7. The molecule has 8 heteroatoms. The summed E-state index contributed by atoms with van der Waals surface area (Å²) in [7, 11) is 0. The number of pyridine rings is 1. The summed E-state index contributed by atoms with van der Waals surface area (Å²) in [4.78, 5) is 18.3. The van der Waals surface area contributed by atoms with Gasteiger partial charge in [0.2, 0.25) is 5.88 Å². The van der Waals surface area contributed by atoms with E-state index in [1.807, 2.05) is 0 Å². The molecule has 5 nitrogen and oxygen atoms in total. The minimum Gasteiger partial charge on any atom is -0.468 e. The Morgan fingerprint density at radius 2 is 2.21 bits per heavy atom. The van der Waals surface area contributed by atoms with Crippen LogP contribution in [0.3, 0.4) is 0 Å². The summed E-state index contributed by atoms with van der Waals surface area (Å²) < 4.78 is 41.0. The van der Waals surface area contributed by atoms with E-state index in [-0.39, 0.29) is 11.6 Å². The van der Waals surface area contributed by atoms with Crippen LogP contribution in [-0.4, -0.2) is 54.3 Å². The van der Waals surface area contributed by atoms with Crippen LogP contribution in [0, 0.1) is 5.92 Å². The molecule has 1 atom stereocenters. The molecule has 2 heterocycles. The molecule has 0 unspecified atom stereocenters. The van der Waals surface area contributed by atoms with Gasteiger partial charge in [0.25, 0.3) is 5.91 Å². The Balaban J connectivity index is 1.84. The fraction of sp³-hybridized carbons (Fsp3) is 0.625. The maximum absolute atomic E-state index is 12.1. The summed E-state index contributed by atoms with van der Waals surface area (Å²) in [6, 6.07) is 4.67. The molecule has 0 radical (unpaired) electrons. The predicted octanol–water partition coefficient (Wildman–Crippen LogP) is 2.48. The van der Waals surface area contributed by atoms with Gasteiger partial charge in [0.15, 0.2) is 6.61 Å². The first-order valence-corrected chi connectivity index (χ1v) is 7.93. The number of aromatic nitrogens is 1. The third kappa shape index (κ3) is 5.67. The molecule has 0 aliphatic carbocycles. The summed E-state index contributed by atoms with van der Waals surface area (Å²) in [5.74, 6) is -0.247. The first kappa shape index (κ1) is 18.5. The van der Waals surface area contributed by atoms with Crippen molar-refractivity contribution in [1.82, 2.24) is 15.2 Å². The van der Waals surface area contributed by atoms with E-state index in [2.05, 4.69) is 33.8 Å². The van der Waals surface area contributed by atoms with Crippen molar-refractivity contribution in [2.75, 3.05) is 26.2 Å². The minimum absolute atomic E-state index is 0.0494. The maximum Gasteiger partial charge on any atom is 0.422 e. The first-order valence-electron chi connectivity index (χ1n) is 7.93. The number of halogens is 3. The number of ether oxygens (including phenoxy) is 1. The van der Waals surface area contributed by atoms with Gasteiger partial charge in [-0.05, 0) is 38.8 Å². The zero-order valence-corrected chi connectivity index (χ0v) is 13.8. The molecule has 0 spiro atoms. The van der Waals surface area contributed by atoms with E-state index >= 15 is 0 Å². The highest BCUT2D eigenvalue weighted by molar-refractivity contribution is 5.92. The van der Waals surface area contributed by atoms with E-state index in [1.54, 1.807) is 0 Å². The monoisotopic (exact) mass is 345 g/mol. The molecule has 1 N–H and O–H groups in total. The second-order valence-electron chi connectivity index (χ2n) is 6.22. The second kappa shape index (κ2) is 7.83. The topological polar surface area (TPSA) is 54.5 Å². The van der Waals surface area contributed by atoms with Crippen LogP contribution in [0.5, 0.6) is 5.88 Å². The van der Waals surface area contributed by atoms with Gasteiger partial charge in [0.1, 0.15) is 5.69 Å². The van der Waals surface area contributed by atoms with Gasteiger partial charge in [-0.2, -0.15) is 13.2 Å². The lowest BCUT2D eigenvalue weighted by atomic mass is 10.1. The number of alkyl halides is 3. The quantitative estimate of drug-likeness (QED) is 0.861. The van der Waals surface area contributed by atoms with Crippen molar-refractivity contribution in [2.24, 2.45) is 5.92 Å². The van der Waals surface area contributed by atoms with Crippen LogP contribution in [-0.2, 0) is 0 Å². The van der Waals surface area contributed by atoms with Crippen LogP contribution in [0.2, 0.25) is 0 Å². The van der Waals surface area contributed by atoms with E-state index in [1.165, 1.54) is 18.2 Å². The molecule has 0 saturated carbocycles. The van der Waals surface area contributed by atoms with E-state index in [9.17, 15) is 18.0 Å². The Morgan fingerprint density at radius 1 is 1.46 bits per heavy atom. The number of amides is 1. The lowest BCUT2D eigenvalue weighted by Crippen LogP contribution is -2.33. The third-order valence-electron chi connectivity index (χ3n) is 3.94. The highest BCUT2D eigenvalue weighted by Crippen LogP contribution is 2.18. The molecule has 0 bridgehead atoms. The van der Waals surface area contributed by atoms with Crippen LogP contribution in [0.25, 0.3) is 0 Å². The molecule has 1 aliphatic rings. The Bertz CT molecular complexity index is 564. The molecule has 1 aromatic heterocycles. The third-order valence-corrected chi connectivity index (χ3v) is 3.94. The van der Waals surface area contributed by atoms with Crippen molar-refractivity contribution in [3.63, 3.8) is 0 Å². The molecule has 0 aromatic carbocycles. The SMILES string of the molecule is CC(C)N1CC[C@@H](CNC(=O)c2cccc(OCC(F)(F)F)n2)C1.